The van der Waals surface area contributed by atoms with Crippen molar-refractivity contribution < 1.29 is 0 Å². The standard InChI is InChI=1S/C33H51N2P/c1-10-13-15-36(16-14-11-2)22-29(12-3)33-34-21-30(31-25(6)17-23(4)18-26(31)7)35(33)32-27(8)19-24(5)20-28(32)9/h17-20,30,34H,10-16,21-22H2,1-9H3. The van der Waals surface area contributed by atoms with Crippen molar-refractivity contribution in [1.82, 2.24) is 5.32 Å². The number of hydrogen-bond donors (Lipinski definition) is 1. The summed E-state index contributed by atoms with van der Waals surface area (Å²) >= 11 is 0. The van der Waals surface area contributed by atoms with Gasteiger partial charge >= 0.3 is 0 Å². The highest BCUT2D eigenvalue weighted by molar-refractivity contribution is 7.57. The van der Waals surface area contributed by atoms with E-state index in [1.807, 2.05) is 0 Å². The van der Waals surface area contributed by atoms with Gasteiger partial charge in [0.25, 0.3) is 0 Å². The maximum absolute atomic E-state index is 3.98. The Labute approximate surface area is 223 Å². The molecule has 0 spiro atoms. The quantitative estimate of drug-likeness (QED) is 0.305. The Balaban J connectivity index is 2.15. The topological polar surface area (TPSA) is 15.3 Å². The summed E-state index contributed by atoms with van der Waals surface area (Å²) in [4.78, 5) is 2.71. The summed E-state index contributed by atoms with van der Waals surface area (Å²) < 4.78 is 0. The molecule has 3 rings (SSSR count). The maximum Gasteiger partial charge on any atom is 0.106 e. The van der Waals surface area contributed by atoms with E-state index in [4.69, 9.17) is 0 Å². The minimum atomic E-state index is 0.0480. The van der Waals surface area contributed by atoms with E-state index in [0.717, 1.165) is 13.0 Å². The van der Waals surface area contributed by atoms with Gasteiger partial charge in [0.15, 0.2) is 0 Å². The van der Waals surface area contributed by atoms with Crippen molar-refractivity contribution in [3.8, 4) is 0 Å². The van der Waals surface area contributed by atoms with Crippen LogP contribution in [0.3, 0.4) is 0 Å². The molecule has 3 heteroatoms. The first kappa shape index (κ1) is 28.8. The maximum atomic E-state index is 3.98. The molecule has 0 amide bonds. The number of nitrogens with one attached hydrogen (secondary N) is 1. The fraction of sp³-hybridized carbons (Fsp3) is 0.576. The predicted molar refractivity (Wildman–Crippen MR) is 163 cm³/mol. The largest absolute Gasteiger partial charge is 0.369 e. The Hall–Kier alpha value is -1.79. The average Bonchev–Trinajstić information content (AvgIpc) is 3.21. The average molecular weight is 507 g/mol. The van der Waals surface area contributed by atoms with Gasteiger partial charge in [-0.05, 0) is 113 Å². The predicted octanol–water partition coefficient (Wildman–Crippen LogP) is 9.39. The molecule has 2 aromatic rings. The molecule has 1 unspecified atom stereocenters. The monoisotopic (exact) mass is 506 g/mol. The van der Waals surface area contributed by atoms with Crippen LogP contribution < -0.4 is 10.2 Å². The van der Waals surface area contributed by atoms with Crippen molar-refractivity contribution in [2.24, 2.45) is 0 Å². The fourth-order valence-electron chi connectivity index (χ4n) is 6.25. The number of nitrogens with zero attached hydrogens (tertiary/aromatic N) is 1. The second-order valence-corrected chi connectivity index (χ2v) is 13.7. The lowest BCUT2D eigenvalue weighted by atomic mass is 9.92. The number of rotatable bonds is 11. The number of unbranched alkanes of at least 4 members (excludes halogenated alkanes) is 2. The molecule has 2 nitrogen and oxygen atoms in total. The van der Waals surface area contributed by atoms with Gasteiger partial charge in [-0.3, -0.25) is 0 Å². The van der Waals surface area contributed by atoms with Gasteiger partial charge in [0.1, 0.15) is 5.82 Å². The van der Waals surface area contributed by atoms with Crippen LogP contribution in [0, 0.1) is 41.5 Å². The van der Waals surface area contributed by atoms with Crippen molar-refractivity contribution in [3.63, 3.8) is 0 Å². The molecule has 1 fully saturated rings. The van der Waals surface area contributed by atoms with Gasteiger partial charge in [0, 0.05) is 12.2 Å². The molecule has 0 radical (unpaired) electrons. The van der Waals surface area contributed by atoms with Crippen LogP contribution in [-0.2, 0) is 0 Å². The summed E-state index contributed by atoms with van der Waals surface area (Å²) in [5, 5.41) is 3.98. The van der Waals surface area contributed by atoms with E-state index in [9.17, 15) is 0 Å². The zero-order chi connectivity index (χ0) is 26.4. The molecular weight excluding hydrogens is 455 g/mol. The van der Waals surface area contributed by atoms with Crippen LogP contribution in [0.15, 0.2) is 35.7 Å². The van der Waals surface area contributed by atoms with Gasteiger partial charge in [-0.15, -0.1) is 7.92 Å². The Morgan fingerprint density at radius 3 is 1.78 bits per heavy atom. The summed E-state index contributed by atoms with van der Waals surface area (Å²) in [6.45, 7) is 21.7. The van der Waals surface area contributed by atoms with Crippen LogP contribution in [0.5, 0.6) is 0 Å². The molecule has 1 aliphatic rings. The van der Waals surface area contributed by atoms with E-state index in [1.165, 1.54) is 94.6 Å². The Morgan fingerprint density at radius 2 is 1.31 bits per heavy atom. The van der Waals surface area contributed by atoms with Crippen molar-refractivity contribution in [1.29, 1.82) is 0 Å². The molecule has 1 heterocycles. The minimum absolute atomic E-state index is 0.0480. The first-order valence-electron chi connectivity index (χ1n) is 14.3. The molecule has 2 aromatic carbocycles. The Bertz CT molecular complexity index is 1010. The lowest BCUT2D eigenvalue weighted by Gasteiger charge is -2.33. The molecular formula is C33H51N2P. The molecule has 1 saturated heterocycles. The van der Waals surface area contributed by atoms with Crippen molar-refractivity contribution >= 4 is 13.6 Å². The van der Waals surface area contributed by atoms with Gasteiger partial charge in [-0.1, -0.05) is 69.0 Å². The number of aryl methyl sites for hydroxylation is 6. The molecule has 198 valence electrons. The van der Waals surface area contributed by atoms with Crippen LogP contribution in [0.1, 0.15) is 97.9 Å². The van der Waals surface area contributed by atoms with E-state index in [1.54, 1.807) is 5.57 Å². The lowest BCUT2D eigenvalue weighted by molar-refractivity contribution is 0.741. The lowest BCUT2D eigenvalue weighted by Crippen LogP contribution is -2.27. The van der Waals surface area contributed by atoms with E-state index in [2.05, 4.69) is 96.8 Å². The highest BCUT2D eigenvalue weighted by Gasteiger charge is 2.35. The summed E-state index contributed by atoms with van der Waals surface area (Å²) in [5.74, 6) is 1.40. The van der Waals surface area contributed by atoms with E-state index < -0.39 is 0 Å². The summed E-state index contributed by atoms with van der Waals surface area (Å²) in [7, 11) is 0.0480. The number of anilines is 1. The number of benzene rings is 2. The zero-order valence-corrected chi connectivity index (χ0v) is 25.5. The highest BCUT2D eigenvalue weighted by Crippen LogP contribution is 2.45. The first-order chi connectivity index (χ1) is 17.2. The van der Waals surface area contributed by atoms with Crippen LogP contribution in [0.25, 0.3) is 0 Å². The molecule has 1 N–H and O–H groups in total. The second kappa shape index (κ2) is 13.1. The smallest absolute Gasteiger partial charge is 0.106 e. The Morgan fingerprint density at radius 1 is 0.806 bits per heavy atom. The third-order valence-electron chi connectivity index (χ3n) is 7.79. The minimum Gasteiger partial charge on any atom is -0.369 e. The number of hydrogen-bond acceptors (Lipinski definition) is 2. The first-order valence-corrected chi connectivity index (χ1v) is 16.2. The van der Waals surface area contributed by atoms with E-state index in [-0.39, 0.29) is 7.92 Å². The fourth-order valence-corrected chi connectivity index (χ4v) is 9.23. The van der Waals surface area contributed by atoms with Gasteiger partial charge in [0.2, 0.25) is 0 Å². The molecule has 0 aromatic heterocycles. The van der Waals surface area contributed by atoms with Gasteiger partial charge in [-0.2, -0.15) is 0 Å². The van der Waals surface area contributed by atoms with E-state index in [0.29, 0.717) is 6.04 Å². The highest BCUT2D eigenvalue weighted by atomic mass is 31.1. The molecule has 1 atom stereocenters. The normalized spacial score (nSPS) is 17.2. The molecule has 0 aliphatic carbocycles. The second-order valence-electron chi connectivity index (χ2n) is 11.1. The summed E-state index contributed by atoms with van der Waals surface area (Å²) in [6, 6.07) is 9.79. The molecule has 1 aliphatic heterocycles. The van der Waals surface area contributed by atoms with Crippen molar-refractivity contribution in [2.75, 3.05) is 29.9 Å². The van der Waals surface area contributed by atoms with Gasteiger partial charge in [0.05, 0.1) is 6.04 Å². The molecule has 0 bridgehead atoms. The van der Waals surface area contributed by atoms with Crippen LogP contribution in [0.2, 0.25) is 0 Å². The van der Waals surface area contributed by atoms with Gasteiger partial charge < -0.3 is 10.2 Å². The van der Waals surface area contributed by atoms with Crippen LogP contribution in [0.4, 0.5) is 5.69 Å². The number of allylic oxidation sites excluding steroid dienone is 1. The van der Waals surface area contributed by atoms with Crippen LogP contribution >= 0.6 is 7.92 Å². The molecule has 36 heavy (non-hydrogen) atoms. The van der Waals surface area contributed by atoms with Crippen molar-refractivity contribution in [2.45, 2.75) is 100 Å². The van der Waals surface area contributed by atoms with Gasteiger partial charge in [-0.25, -0.2) is 0 Å². The summed E-state index contributed by atoms with van der Waals surface area (Å²) in [5.41, 5.74) is 12.8. The Kier molecular flexibility index (Phi) is 10.5. The third-order valence-corrected chi connectivity index (χ3v) is 10.5. The summed E-state index contributed by atoms with van der Waals surface area (Å²) in [6.07, 6.45) is 10.6. The van der Waals surface area contributed by atoms with Crippen LogP contribution in [-0.4, -0.2) is 25.0 Å². The van der Waals surface area contributed by atoms with E-state index >= 15 is 0 Å². The third kappa shape index (κ3) is 6.55. The SMILES string of the molecule is CCCCP(CCCC)CC(CC)=C1NCC(c2c(C)cc(C)cc2C)N1c1c(C)cc(C)cc1C. The molecule has 0 saturated carbocycles. The van der Waals surface area contributed by atoms with Crippen molar-refractivity contribution in [3.05, 3.63) is 74.6 Å². The zero-order valence-electron chi connectivity index (χ0n) is 24.6.